The van der Waals surface area contributed by atoms with Crippen molar-refractivity contribution >= 4 is 19.7 Å². The number of quaternary nitrogens is 1. The molecule has 1 N–H and O–H groups in total. The zero-order chi connectivity index (χ0) is 63.5. The number of phosphoric ester groups is 1. The van der Waals surface area contributed by atoms with Crippen molar-refractivity contribution in [2.75, 3.05) is 40.9 Å². The zero-order valence-corrected chi connectivity index (χ0v) is 59.1. The van der Waals surface area contributed by atoms with E-state index < -0.39 is 26.6 Å². The Morgan fingerprint density at radius 1 is 0.402 bits per heavy atom. The molecular formula is C77H143N2O7P. The summed E-state index contributed by atoms with van der Waals surface area (Å²) in [5.74, 6) is -0.542. The Hall–Kier alpha value is -2.55. The monoisotopic (exact) mass is 1240 g/mol. The summed E-state index contributed by atoms with van der Waals surface area (Å²) in [4.78, 5) is 40.2. The minimum absolute atomic E-state index is 0.0249. The third kappa shape index (κ3) is 67.7. The molecule has 0 radical (unpaired) electrons. The van der Waals surface area contributed by atoms with Gasteiger partial charge in [-0.1, -0.05) is 312 Å². The van der Waals surface area contributed by atoms with Crippen LogP contribution in [0.1, 0.15) is 355 Å². The molecule has 0 saturated carbocycles. The topological polar surface area (TPSA) is 114 Å². The first kappa shape index (κ1) is 84.5. The number of nitrogens with one attached hydrogen (secondary N) is 1. The minimum atomic E-state index is -4.71. The van der Waals surface area contributed by atoms with Crippen LogP contribution in [0.2, 0.25) is 0 Å². The Kier molecular flexibility index (Phi) is 64.4. The van der Waals surface area contributed by atoms with Crippen LogP contribution in [0.5, 0.6) is 0 Å². The fraction of sp³-hybridized carbons (Fsp3) is 0.818. The Bertz CT molecular complexity index is 1720. The molecule has 1 amide bonds. The summed E-state index contributed by atoms with van der Waals surface area (Å²) in [6.07, 6.45) is 87.5. The van der Waals surface area contributed by atoms with Crippen LogP contribution < -0.4 is 10.2 Å². The first-order chi connectivity index (χ1) is 42.4. The van der Waals surface area contributed by atoms with Gasteiger partial charge in [0.05, 0.1) is 33.8 Å². The number of phosphoric acid groups is 1. The van der Waals surface area contributed by atoms with E-state index in [1.807, 2.05) is 33.3 Å². The molecule has 0 aliphatic rings. The summed E-state index contributed by atoms with van der Waals surface area (Å²) < 4.78 is 30.5. The van der Waals surface area contributed by atoms with Crippen molar-refractivity contribution in [1.82, 2.24) is 5.32 Å². The lowest BCUT2D eigenvalue weighted by atomic mass is 10.0. The maximum atomic E-state index is 13.6. The Balaban J connectivity index is 4.97. The van der Waals surface area contributed by atoms with E-state index in [1.54, 1.807) is 0 Å². The fourth-order valence-electron chi connectivity index (χ4n) is 10.9. The van der Waals surface area contributed by atoms with Gasteiger partial charge in [-0.15, -0.1) is 0 Å². The van der Waals surface area contributed by atoms with Gasteiger partial charge in [0.15, 0.2) is 0 Å². The Morgan fingerprint density at radius 2 is 0.701 bits per heavy atom. The average Bonchev–Trinajstić information content (AvgIpc) is 3.70. The van der Waals surface area contributed by atoms with Crippen molar-refractivity contribution in [3.63, 3.8) is 0 Å². The molecule has 0 aromatic heterocycles. The number of unbranched alkanes of at least 4 members (excludes halogenated alkanes) is 42. The highest BCUT2D eigenvalue weighted by Crippen LogP contribution is 2.38. The number of hydrogen-bond acceptors (Lipinski definition) is 7. The highest BCUT2D eigenvalue weighted by molar-refractivity contribution is 7.45. The molecule has 508 valence electrons. The summed E-state index contributed by atoms with van der Waals surface area (Å²) in [6.45, 7) is 6.84. The van der Waals surface area contributed by atoms with Crippen LogP contribution in [0.3, 0.4) is 0 Å². The summed E-state index contributed by atoms with van der Waals surface area (Å²) in [6, 6.07) is -0.895. The van der Waals surface area contributed by atoms with Crippen molar-refractivity contribution < 1.29 is 37.3 Å². The second-order valence-electron chi connectivity index (χ2n) is 26.4. The van der Waals surface area contributed by atoms with E-state index in [2.05, 4.69) is 86.8 Å². The van der Waals surface area contributed by atoms with Crippen molar-refractivity contribution in [2.45, 2.75) is 367 Å². The molecule has 9 nitrogen and oxygen atoms in total. The summed E-state index contributed by atoms with van der Waals surface area (Å²) in [5, 5.41) is 3.05. The van der Waals surface area contributed by atoms with Crippen LogP contribution in [0.15, 0.2) is 72.9 Å². The smallest absolute Gasteiger partial charge is 0.306 e. The third-order valence-electron chi connectivity index (χ3n) is 16.6. The first-order valence-electron chi connectivity index (χ1n) is 37.2. The van der Waals surface area contributed by atoms with Gasteiger partial charge in [-0.2, -0.15) is 0 Å². The molecule has 0 saturated heterocycles. The fourth-order valence-corrected chi connectivity index (χ4v) is 11.6. The van der Waals surface area contributed by atoms with E-state index in [0.717, 1.165) is 89.9 Å². The van der Waals surface area contributed by atoms with Gasteiger partial charge in [0, 0.05) is 12.8 Å². The lowest BCUT2D eigenvalue weighted by Crippen LogP contribution is -2.47. The van der Waals surface area contributed by atoms with Crippen LogP contribution >= 0.6 is 7.82 Å². The number of nitrogens with zero attached hydrogens (tertiary/aromatic N) is 1. The number of likely N-dealkylation sites (N-methyl/N-ethyl adjacent to an activating group) is 1. The van der Waals surface area contributed by atoms with Crippen molar-refractivity contribution in [3.05, 3.63) is 72.9 Å². The number of amides is 1. The van der Waals surface area contributed by atoms with E-state index in [0.29, 0.717) is 17.4 Å². The van der Waals surface area contributed by atoms with Crippen molar-refractivity contribution in [1.29, 1.82) is 0 Å². The van der Waals surface area contributed by atoms with Gasteiger partial charge >= 0.3 is 5.97 Å². The summed E-state index contributed by atoms with van der Waals surface area (Å²) >= 11 is 0. The number of hydrogen-bond donors (Lipinski definition) is 1. The first-order valence-corrected chi connectivity index (χ1v) is 38.7. The SMILES string of the molecule is CCCCC/C=C\C/C=C\C/C=C\C/C=C\CCCCCCCCCC(=O)OC(/C=C\CCCCCCCCCCC)C(COP(=O)([O-])OCC[N+](C)(C)C)NC(=O)CCCCCCCCCCCCCCCCCCC/C=C/CCCCCCCC. The molecule has 0 aliphatic heterocycles. The molecule has 0 aliphatic carbocycles. The lowest BCUT2D eigenvalue weighted by molar-refractivity contribution is -0.870. The number of carbonyl (C=O) groups excluding carboxylic acids is 2. The molecular weight excluding hydrogens is 1100 g/mol. The average molecular weight is 1240 g/mol. The van der Waals surface area contributed by atoms with Gasteiger partial charge < -0.3 is 28.5 Å². The predicted molar refractivity (Wildman–Crippen MR) is 376 cm³/mol. The van der Waals surface area contributed by atoms with Crippen LogP contribution in [0.4, 0.5) is 0 Å². The zero-order valence-electron chi connectivity index (χ0n) is 58.2. The van der Waals surface area contributed by atoms with Gasteiger partial charge in [-0.25, -0.2) is 0 Å². The largest absolute Gasteiger partial charge is 0.756 e. The van der Waals surface area contributed by atoms with Crippen LogP contribution in [-0.2, 0) is 27.9 Å². The standard InChI is InChI=1S/C77H143N2O7P/c1-7-10-13-16-19-22-25-27-29-31-33-35-37-38-39-40-42-43-45-47-49-51-54-57-60-63-66-69-76(80)78-74(73-85-87(82,83)84-72-71-79(4,5)6)75(68-65-62-59-56-53-24-21-18-15-12-9-3)86-77(81)70-67-64-61-58-55-52-50-48-46-44-41-36-34-32-30-28-26-23-20-17-14-11-8-2/h20,23,27-30,34,36,44,46,65,68,74-75H,7-19,21-22,24-26,31-33,35,37-43,45,47-64,66-67,69-73H2,1-6H3,(H-,78,80,82,83)/b23-20-,29-27+,30-28-,36-34-,46-44-,68-65-. The molecule has 0 rings (SSSR count). The quantitative estimate of drug-likeness (QED) is 0.0212. The van der Waals surface area contributed by atoms with Gasteiger partial charge in [0.1, 0.15) is 19.3 Å². The molecule has 0 heterocycles. The summed E-state index contributed by atoms with van der Waals surface area (Å²) in [5.41, 5.74) is 0. The van der Waals surface area contributed by atoms with Gasteiger partial charge in [0.25, 0.3) is 7.82 Å². The molecule has 0 fully saturated rings. The van der Waals surface area contributed by atoms with Gasteiger partial charge in [-0.3, -0.25) is 14.2 Å². The molecule has 0 spiro atoms. The van der Waals surface area contributed by atoms with E-state index in [9.17, 15) is 19.0 Å². The maximum Gasteiger partial charge on any atom is 0.306 e. The number of esters is 1. The molecule has 3 unspecified atom stereocenters. The second kappa shape index (κ2) is 66.4. The Labute approximate surface area is 540 Å². The Morgan fingerprint density at radius 3 is 1.08 bits per heavy atom. The van der Waals surface area contributed by atoms with E-state index in [4.69, 9.17) is 13.8 Å². The highest BCUT2D eigenvalue weighted by atomic mass is 31.2. The molecule has 0 aromatic rings. The number of rotatable bonds is 68. The lowest BCUT2D eigenvalue weighted by Gasteiger charge is -2.30. The molecule has 0 bridgehead atoms. The number of carbonyl (C=O) groups is 2. The van der Waals surface area contributed by atoms with Gasteiger partial charge in [-0.05, 0) is 102 Å². The molecule has 3 atom stereocenters. The van der Waals surface area contributed by atoms with Gasteiger partial charge in [0.2, 0.25) is 5.91 Å². The highest BCUT2D eigenvalue weighted by Gasteiger charge is 2.27. The van der Waals surface area contributed by atoms with E-state index in [1.165, 1.54) is 231 Å². The van der Waals surface area contributed by atoms with E-state index >= 15 is 0 Å². The third-order valence-corrected chi connectivity index (χ3v) is 17.6. The summed E-state index contributed by atoms with van der Waals surface area (Å²) in [7, 11) is 1.18. The van der Waals surface area contributed by atoms with Crippen molar-refractivity contribution in [2.24, 2.45) is 0 Å². The molecule has 10 heteroatoms. The number of allylic oxidation sites excluding steroid dienone is 11. The second-order valence-corrected chi connectivity index (χ2v) is 27.9. The molecule has 0 aromatic carbocycles. The normalized spacial score (nSPS) is 13.9. The maximum absolute atomic E-state index is 13.6. The van der Waals surface area contributed by atoms with E-state index in [-0.39, 0.29) is 24.9 Å². The minimum Gasteiger partial charge on any atom is -0.756 e. The van der Waals surface area contributed by atoms with Crippen LogP contribution in [-0.4, -0.2) is 69.4 Å². The molecule has 87 heavy (non-hydrogen) atoms. The predicted octanol–water partition coefficient (Wildman–Crippen LogP) is 23.3. The van der Waals surface area contributed by atoms with Crippen LogP contribution in [0.25, 0.3) is 0 Å². The van der Waals surface area contributed by atoms with Crippen molar-refractivity contribution in [3.8, 4) is 0 Å². The number of ether oxygens (including phenoxy) is 1. The van der Waals surface area contributed by atoms with Crippen LogP contribution in [0, 0.1) is 0 Å².